The van der Waals surface area contributed by atoms with E-state index >= 15 is 0 Å². The summed E-state index contributed by atoms with van der Waals surface area (Å²) in [6.45, 7) is 5.34. The summed E-state index contributed by atoms with van der Waals surface area (Å²) in [6, 6.07) is 0. The van der Waals surface area contributed by atoms with Crippen molar-refractivity contribution in [2.45, 2.75) is 39.3 Å². The van der Waals surface area contributed by atoms with Crippen LogP contribution in [0.2, 0.25) is 0 Å². The van der Waals surface area contributed by atoms with Crippen molar-refractivity contribution in [3.8, 4) is 0 Å². The van der Waals surface area contributed by atoms with Crippen LogP contribution < -0.4 is 5.73 Å². The molecule has 1 rings (SSSR count). The number of H-pyrrole nitrogens is 1. The van der Waals surface area contributed by atoms with Crippen molar-refractivity contribution in [3.63, 3.8) is 0 Å². The first-order chi connectivity index (χ1) is 6.81. The lowest BCUT2D eigenvalue weighted by atomic mass is 10.2. The molecule has 14 heavy (non-hydrogen) atoms. The van der Waals surface area contributed by atoms with Crippen LogP contribution in [0.3, 0.4) is 0 Å². The highest BCUT2D eigenvalue weighted by atomic mass is 16.5. The summed E-state index contributed by atoms with van der Waals surface area (Å²) in [6.07, 6.45) is 3.94. The molecule has 4 nitrogen and oxygen atoms in total. The quantitative estimate of drug-likeness (QED) is 0.730. The van der Waals surface area contributed by atoms with Crippen molar-refractivity contribution in [2.75, 3.05) is 6.61 Å². The molecule has 0 aromatic carbocycles. The smallest absolute Gasteiger partial charge is 0.135 e. The Labute approximate surface area is 84.9 Å². The number of hydrogen-bond acceptors (Lipinski definition) is 3. The number of rotatable bonds is 6. The Balaban J connectivity index is 2.65. The average molecular weight is 197 g/mol. The fourth-order valence-corrected chi connectivity index (χ4v) is 1.41. The van der Waals surface area contributed by atoms with E-state index in [1.165, 1.54) is 0 Å². The Hall–Kier alpha value is -0.870. The molecule has 0 spiro atoms. The second-order valence-electron chi connectivity index (χ2n) is 3.23. The van der Waals surface area contributed by atoms with Crippen LogP contribution in [-0.2, 0) is 11.3 Å². The number of nitrogens with zero attached hydrogens (tertiary/aromatic N) is 1. The van der Waals surface area contributed by atoms with Gasteiger partial charge >= 0.3 is 0 Å². The molecular weight excluding hydrogens is 178 g/mol. The summed E-state index contributed by atoms with van der Waals surface area (Å²) < 4.78 is 5.59. The largest absolute Gasteiger partial charge is 0.371 e. The van der Waals surface area contributed by atoms with E-state index in [0.29, 0.717) is 13.2 Å². The van der Waals surface area contributed by atoms with Gasteiger partial charge in [0.15, 0.2) is 0 Å². The zero-order valence-corrected chi connectivity index (χ0v) is 8.92. The van der Waals surface area contributed by atoms with Crippen molar-refractivity contribution in [2.24, 2.45) is 5.73 Å². The summed E-state index contributed by atoms with van der Waals surface area (Å²) in [7, 11) is 0. The SMILES string of the molecule is CCCC(OCC)c1ncc(CN)[nH]1. The van der Waals surface area contributed by atoms with E-state index in [1.54, 1.807) is 6.20 Å². The summed E-state index contributed by atoms with van der Waals surface area (Å²) in [4.78, 5) is 7.44. The van der Waals surface area contributed by atoms with Crippen molar-refractivity contribution in [1.29, 1.82) is 0 Å². The van der Waals surface area contributed by atoms with Gasteiger partial charge in [-0.25, -0.2) is 4.98 Å². The standard InChI is InChI=1S/C10H19N3O/c1-3-5-9(14-4-2)10-12-7-8(6-11)13-10/h7,9H,3-6,11H2,1-2H3,(H,12,13). The Morgan fingerprint density at radius 2 is 2.36 bits per heavy atom. The van der Waals surface area contributed by atoms with Crippen LogP contribution in [0.4, 0.5) is 0 Å². The van der Waals surface area contributed by atoms with E-state index in [9.17, 15) is 0 Å². The van der Waals surface area contributed by atoms with Gasteiger partial charge in [-0.1, -0.05) is 13.3 Å². The van der Waals surface area contributed by atoms with E-state index in [2.05, 4.69) is 16.9 Å². The van der Waals surface area contributed by atoms with Crippen molar-refractivity contribution >= 4 is 0 Å². The summed E-state index contributed by atoms with van der Waals surface area (Å²) in [5.74, 6) is 0.897. The van der Waals surface area contributed by atoms with E-state index in [1.807, 2.05) is 6.92 Å². The number of nitrogens with two attached hydrogens (primary N) is 1. The molecule has 0 bridgehead atoms. The maximum Gasteiger partial charge on any atom is 0.135 e. The minimum atomic E-state index is 0.0882. The fourth-order valence-electron chi connectivity index (χ4n) is 1.41. The Morgan fingerprint density at radius 3 is 2.86 bits per heavy atom. The average Bonchev–Trinajstić information content (AvgIpc) is 2.65. The first kappa shape index (κ1) is 11.2. The van der Waals surface area contributed by atoms with Gasteiger partial charge in [-0.3, -0.25) is 0 Å². The van der Waals surface area contributed by atoms with E-state index in [-0.39, 0.29) is 6.10 Å². The molecule has 1 aromatic rings. The summed E-state index contributed by atoms with van der Waals surface area (Å²) >= 11 is 0. The molecule has 1 aromatic heterocycles. The van der Waals surface area contributed by atoms with Gasteiger partial charge in [-0.15, -0.1) is 0 Å². The molecule has 80 valence electrons. The van der Waals surface area contributed by atoms with Gasteiger partial charge in [0.05, 0.1) is 0 Å². The second kappa shape index (κ2) is 5.78. The highest BCUT2D eigenvalue weighted by molar-refractivity contribution is 5.03. The fraction of sp³-hybridized carbons (Fsp3) is 0.700. The maximum absolute atomic E-state index is 5.59. The summed E-state index contributed by atoms with van der Waals surface area (Å²) in [5.41, 5.74) is 6.46. The highest BCUT2D eigenvalue weighted by Gasteiger charge is 2.13. The molecule has 3 N–H and O–H groups in total. The van der Waals surface area contributed by atoms with E-state index in [0.717, 1.165) is 24.4 Å². The number of aromatic amines is 1. The topological polar surface area (TPSA) is 63.9 Å². The van der Waals surface area contributed by atoms with Crippen LogP contribution in [0.1, 0.15) is 44.3 Å². The number of ether oxygens (including phenoxy) is 1. The minimum Gasteiger partial charge on any atom is -0.371 e. The van der Waals surface area contributed by atoms with Crippen molar-refractivity contribution in [3.05, 3.63) is 17.7 Å². The predicted molar refractivity (Wildman–Crippen MR) is 55.8 cm³/mol. The van der Waals surface area contributed by atoms with Gasteiger partial charge in [-0.05, 0) is 13.3 Å². The number of hydrogen-bond donors (Lipinski definition) is 2. The molecule has 1 heterocycles. The zero-order valence-electron chi connectivity index (χ0n) is 8.92. The van der Waals surface area contributed by atoms with Gasteiger partial charge in [0.1, 0.15) is 11.9 Å². The first-order valence-electron chi connectivity index (χ1n) is 5.17. The van der Waals surface area contributed by atoms with Gasteiger partial charge < -0.3 is 15.5 Å². The van der Waals surface area contributed by atoms with Crippen LogP contribution in [0.25, 0.3) is 0 Å². The molecule has 1 atom stereocenters. The van der Waals surface area contributed by atoms with E-state index in [4.69, 9.17) is 10.5 Å². The second-order valence-corrected chi connectivity index (χ2v) is 3.23. The first-order valence-corrected chi connectivity index (χ1v) is 5.17. The third-order valence-electron chi connectivity index (χ3n) is 2.09. The Morgan fingerprint density at radius 1 is 1.57 bits per heavy atom. The molecule has 0 saturated carbocycles. The van der Waals surface area contributed by atoms with Gasteiger partial charge in [-0.2, -0.15) is 0 Å². The lowest BCUT2D eigenvalue weighted by Crippen LogP contribution is -2.06. The molecule has 0 aliphatic heterocycles. The van der Waals surface area contributed by atoms with Crippen molar-refractivity contribution < 1.29 is 4.74 Å². The molecule has 0 fully saturated rings. The molecule has 0 saturated heterocycles. The number of nitrogens with one attached hydrogen (secondary N) is 1. The van der Waals surface area contributed by atoms with Crippen LogP contribution in [0.15, 0.2) is 6.20 Å². The number of aromatic nitrogens is 2. The van der Waals surface area contributed by atoms with Crippen LogP contribution >= 0.6 is 0 Å². The van der Waals surface area contributed by atoms with E-state index < -0.39 is 0 Å². The molecular formula is C10H19N3O. The zero-order chi connectivity index (χ0) is 10.4. The Kier molecular flexibility index (Phi) is 4.62. The third kappa shape index (κ3) is 2.82. The maximum atomic E-state index is 5.59. The molecule has 0 aliphatic carbocycles. The lowest BCUT2D eigenvalue weighted by Gasteiger charge is -2.13. The monoisotopic (exact) mass is 197 g/mol. The third-order valence-corrected chi connectivity index (χ3v) is 2.09. The molecule has 0 radical (unpaired) electrons. The molecule has 1 unspecified atom stereocenters. The molecule has 0 aliphatic rings. The van der Waals surface area contributed by atoms with Gasteiger partial charge in [0.2, 0.25) is 0 Å². The van der Waals surface area contributed by atoms with Crippen LogP contribution in [0, 0.1) is 0 Å². The van der Waals surface area contributed by atoms with Crippen LogP contribution in [-0.4, -0.2) is 16.6 Å². The predicted octanol–water partition coefficient (Wildman–Crippen LogP) is 1.75. The molecule has 4 heteroatoms. The summed E-state index contributed by atoms with van der Waals surface area (Å²) in [5, 5.41) is 0. The normalized spacial score (nSPS) is 13.1. The highest BCUT2D eigenvalue weighted by Crippen LogP contribution is 2.19. The number of imidazole rings is 1. The van der Waals surface area contributed by atoms with Crippen molar-refractivity contribution in [1.82, 2.24) is 9.97 Å². The van der Waals surface area contributed by atoms with Gasteiger partial charge in [0.25, 0.3) is 0 Å². The lowest BCUT2D eigenvalue weighted by molar-refractivity contribution is 0.0499. The minimum absolute atomic E-state index is 0.0882. The van der Waals surface area contributed by atoms with Gasteiger partial charge in [0, 0.05) is 25.0 Å². The molecule has 0 amide bonds. The Bertz CT molecular complexity index is 254. The van der Waals surface area contributed by atoms with Crippen LogP contribution in [0.5, 0.6) is 0 Å².